The molecule has 0 saturated carbocycles. The van der Waals surface area contributed by atoms with E-state index in [-0.39, 0.29) is 6.10 Å². The fraction of sp³-hybridized carbons (Fsp3) is 0.111. The Balaban J connectivity index is 2.32. The third-order valence-electron chi connectivity index (χ3n) is 2.76. The second kappa shape index (κ2) is 6.45. The van der Waals surface area contributed by atoms with E-state index >= 15 is 0 Å². The van der Waals surface area contributed by atoms with Crippen molar-refractivity contribution in [2.24, 2.45) is 0 Å². The Labute approximate surface area is 114 Å². The number of hydrogen-bond acceptors (Lipinski definition) is 1. The SMILES string of the molecule is C#Cc1ccccc1C(C#Cc1ccccc1)OC. The molecule has 0 amide bonds. The Hall–Kier alpha value is -2.48. The van der Waals surface area contributed by atoms with Gasteiger partial charge in [0.05, 0.1) is 0 Å². The molecule has 0 spiro atoms. The summed E-state index contributed by atoms with van der Waals surface area (Å²) in [5.74, 6) is 8.87. The van der Waals surface area contributed by atoms with Crippen molar-refractivity contribution in [3.05, 3.63) is 71.3 Å². The highest BCUT2D eigenvalue weighted by Crippen LogP contribution is 2.19. The first-order valence-electron chi connectivity index (χ1n) is 6.00. The van der Waals surface area contributed by atoms with Gasteiger partial charge >= 0.3 is 0 Å². The average Bonchev–Trinajstić information content (AvgIpc) is 2.49. The van der Waals surface area contributed by atoms with E-state index in [1.165, 1.54) is 0 Å². The summed E-state index contributed by atoms with van der Waals surface area (Å²) in [6, 6.07) is 17.5. The quantitative estimate of drug-likeness (QED) is 0.738. The smallest absolute Gasteiger partial charge is 0.144 e. The number of methoxy groups -OCH3 is 1. The van der Waals surface area contributed by atoms with E-state index in [0.717, 1.165) is 16.7 Å². The molecule has 0 saturated heterocycles. The molecule has 0 fully saturated rings. The van der Waals surface area contributed by atoms with Crippen molar-refractivity contribution in [1.82, 2.24) is 0 Å². The Morgan fingerprint density at radius 2 is 1.68 bits per heavy atom. The first kappa shape index (κ1) is 13.0. The van der Waals surface area contributed by atoms with Crippen molar-refractivity contribution in [1.29, 1.82) is 0 Å². The van der Waals surface area contributed by atoms with Crippen LogP contribution in [0.1, 0.15) is 22.8 Å². The van der Waals surface area contributed by atoms with Crippen LogP contribution in [-0.2, 0) is 4.74 Å². The lowest BCUT2D eigenvalue weighted by molar-refractivity contribution is 0.150. The van der Waals surface area contributed by atoms with Gasteiger partial charge in [-0.25, -0.2) is 0 Å². The Kier molecular flexibility index (Phi) is 4.40. The van der Waals surface area contributed by atoms with Crippen LogP contribution in [0.3, 0.4) is 0 Å². The molecule has 0 aliphatic rings. The van der Waals surface area contributed by atoms with Crippen LogP contribution in [-0.4, -0.2) is 7.11 Å². The van der Waals surface area contributed by atoms with E-state index in [0.29, 0.717) is 0 Å². The molecule has 0 aliphatic heterocycles. The van der Waals surface area contributed by atoms with Gasteiger partial charge in [0.15, 0.2) is 0 Å². The summed E-state index contributed by atoms with van der Waals surface area (Å²) in [4.78, 5) is 0. The van der Waals surface area contributed by atoms with Gasteiger partial charge in [0.2, 0.25) is 0 Å². The minimum Gasteiger partial charge on any atom is -0.364 e. The first-order chi connectivity index (χ1) is 9.35. The summed E-state index contributed by atoms with van der Waals surface area (Å²) in [5, 5.41) is 0. The van der Waals surface area contributed by atoms with Gasteiger partial charge in [-0.1, -0.05) is 54.2 Å². The van der Waals surface area contributed by atoms with Crippen molar-refractivity contribution >= 4 is 0 Å². The molecule has 1 atom stereocenters. The van der Waals surface area contributed by atoms with Crippen LogP contribution in [0.15, 0.2) is 54.6 Å². The lowest BCUT2D eigenvalue weighted by atomic mass is 10.0. The number of hydrogen-bond donors (Lipinski definition) is 0. The third kappa shape index (κ3) is 3.26. The predicted octanol–water partition coefficient (Wildman–Crippen LogP) is 3.41. The van der Waals surface area contributed by atoms with Crippen LogP contribution >= 0.6 is 0 Å². The van der Waals surface area contributed by atoms with Crippen LogP contribution in [0.2, 0.25) is 0 Å². The zero-order valence-corrected chi connectivity index (χ0v) is 10.8. The maximum atomic E-state index is 5.50. The Morgan fingerprint density at radius 1 is 1.00 bits per heavy atom. The zero-order valence-electron chi connectivity index (χ0n) is 10.8. The zero-order chi connectivity index (χ0) is 13.5. The van der Waals surface area contributed by atoms with Crippen LogP contribution in [0.25, 0.3) is 0 Å². The number of benzene rings is 2. The van der Waals surface area contributed by atoms with Crippen molar-refractivity contribution < 1.29 is 4.74 Å². The van der Waals surface area contributed by atoms with E-state index in [4.69, 9.17) is 11.2 Å². The largest absolute Gasteiger partial charge is 0.364 e. The van der Waals surface area contributed by atoms with Crippen LogP contribution in [0, 0.1) is 24.2 Å². The second-order valence-electron chi connectivity index (χ2n) is 3.98. The van der Waals surface area contributed by atoms with E-state index < -0.39 is 0 Å². The maximum absolute atomic E-state index is 5.50. The van der Waals surface area contributed by atoms with Crippen molar-refractivity contribution in [3.63, 3.8) is 0 Å². The molecule has 1 nitrogen and oxygen atoms in total. The number of ether oxygens (including phenoxy) is 1. The molecule has 0 radical (unpaired) electrons. The number of terminal acetylenes is 1. The van der Waals surface area contributed by atoms with E-state index in [2.05, 4.69) is 17.8 Å². The Morgan fingerprint density at radius 3 is 2.37 bits per heavy atom. The highest BCUT2D eigenvalue weighted by atomic mass is 16.5. The molecule has 92 valence electrons. The molecule has 19 heavy (non-hydrogen) atoms. The summed E-state index contributed by atoms with van der Waals surface area (Å²) < 4.78 is 5.43. The molecule has 2 aromatic rings. The lowest BCUT2D eigenvalue weighted by Crippen LogP contribution is -2.01. The molecule has 1 unspecified atom stereocenters. The summed E-state index contributed by atoms with van der Waals surface area (Å²) >= 11 is 0. The highest BCUT2D eigenvalue weighted by Gasteiger charge is 2.10. The average molecular weight is 246 g/mol. The minimum atomic E-state index is -0.313. The Bertz CT molecular complexity index is 639. The molecule has 2 rings (SSSR count). The van der Waals surface area contributed by atoms with Gasteiger partial charge in [-0.05, 0) is 18.2 Å². The monoisotopic (exact) mass is 246 g/mol. The number of rotatable bonds is 2. The van der Waals surface area contributed by atoms with Gasteiger partial charge in [-0.2, -0.15) is 0 Å². The minimum absolute atomic E-state index is 0.313. The topological polar surface area (TPSA) is 9.23 Å². The highest BCUT2D eigenvalue weighted by molar-refractivity contribution is 5.45. The van der Waals surface area contributed by atoms with E-state index in [1.54, 1.807) is 7.11 Å². The van der Waals surface area contributed by atoms with Crippen LogP contribution in [0.5, 0.6) is 0 Å². The molecule has 0 bridgehead atoms. The summed E-state index contributed by atoms with van der Waals surface area (Å²) in [6.45, 7) is 0. The van der Waals surface area contributed by atoms with Crippen LogP contribution < -0.4 is 0 Å². The van der Waals surface area contributed by atoms with Gasteiger partial charge in [0.1, 0.15) is 6.10 Å². The molecule has 0 aliphatic carbocycles. The van der Waals surface area contributed by atoms with Crippen LogP contribution in [0.4, 0.5) is 0 Å². The molecule has 2 aromatic carbocycles. The van der Waals surface area contributed by atoms with Gasteiger partial charge in [0.25, 0.3) is 0 Å². The fourth-order valence-electron chi connectivity index (χ4n) is 1.79. The van der Waals surface area contributed by atoms with E-state index in [9.17, 15) is 0 Å². The van der Waals surface area contributed by atoms with Gasteiger partial charge < -0.3 is 4.74 Å². The third-order valence-corrected chi connectivity index (χ3v) is 2.76. The van der Waals surface area contributed by atoms with Crippen molar-refractivity contribution in [2.45, 2.75) is 6.10 Å². The normalized spacial score (nSPS) is 10.9. The molecule has 0 heterocycles. The molecule has 1 heteroatoms. The van der Waals surface area contributed by atoms with Gasteiger partial charge in [0, 0.05) is 23.8 Å². The summed E-state index contributed by atoms with van der Waals surface area (Å²) in [7, 11) is 1.64. The summed E-state index contributed by atoms with van der Waals surface area (Å²) in [6.07, 6.45) is 5.18. The molecule has 0 aromatic heterocycles. The summed E-state index contributed by atoms with van der Waals surface area (Å²) in [5.41, 5.74) is 2.70. The van der Waals surface area contributed by atoms with Crippen molar-refractivity contribution in [3.8, 4) is 24.2 Å². The first-order valence-corrected chi connectivity index (χ1v) is 6.00. The predicted molar refractivity (Wildman–Crippen MR) is 77.4 cm³/mol. The molecule has 0 N–H and O–H groups in total. The standard InChI is InChI=1S/C18H14O/c1-3-16-11-7-8-12-17(16)18(19-2)14-13-15-9-5-4-6-10-15/h1,4-12,18H,2H3. The molecular formula is C18H14O. The second-order valence-corrected chi connectivity index (χ2v) is 3.98. The van der Waals surface area contributed by atoms with E-state index in [1.807, 2.05) is 54.6 Å². The van der Waals surface area contributed by atoms with Crippen molar-refractivity contribution in [2.75, 3.05) is 7.11 Å². The molecular weight excluding hydrogens is 232 g/mol. The maximum Gasteiger partial charge on any atom is 0.144 e. The fourth-order valence-corrected chi connectivity index (χ4v) is 1.79. The van der Waals surface area contributed by atoms with Gasteiger partial charge in [-0.3, -0.25) is 0 Å². The lowest BCUT2D eigenvalue weighted by Gasteiger charge is -2.11. The van der Waals surface area contributed by atoms with Gasteiger partial charge in [-0.15, -0.1) is 6.42 Å².